The van der Waals surface area contributed by atoms with Crippen molar-refractivity contribution in [2.24, 2.45) is 0 Å². The molecule has 1 rings (SSSR count). The van der Waals surface area contributed by atoms with Gasteiger partial charge in [-0.1, -0.05) is 0 Å². The van der Waals surface area contributed by atoms with Gasteiger partial charge in [-0.3, -0.25) is 14.9 Å². The first kappa shape index (κ1) is 15.1. The molecule has 0 aromatic heterocycles. The summed E-state index contributed by atoms with van der Waals surface area (Å²) in [5.74, 6) is -0.154. The number of carbonyl (C=O) groups is 1. The molecule has 104 valence electrons. The van der Waals surface area contributed by atoms with Gasteiger partial charge in [-0.25, -0.2) is 0 Å². The van der Waals surface area contributed by atoms with Gasteiger partial charge in [-0.2, -0.15) is 0 Å². The minimum atomic E-state index is -0.493. The van der Waals surface area contributed by atoms with Crippen LogP contribution in [-0.2, 0) is 0 Å². The van der Waals surface area contributed by atoms with E-state index in [0.717, 1.165) is 19.3 Å². The normalized spacial score (nSPS) is 10.2. The quantitative estimate of drug-likeness (QED) is 0.463. The molecule has 0 unspecified atom stereocenters. The van der Waals surface area contributed by atoms with E-state index in [0.29, 0.717) is 12.1 Å². The molecule has 0 atom stereocenters. The topological polar surface area (TPSA) is 83.7 Å². The number of nitro benzene ring substituents is 1. The van der Waals surface area contributed by atoms with Gasteiger partial charge in [0.15, 0.2) is 0 Å². The summed E-state index contributed by atoms with van der Waals surface area (Å²) in [5, 5.41) is 19.2. The van der Waals surface area contributed by atoms with Crippen molar-refractivity contribution < 1.29 is 14.8 Å². The second kappa shape index (κ2) is 7.48. The first-order chi connectivity index (χ1) is 9.06. The van der Waals surface area contributed by atoms with E-state index in [1.54, 1.807) is 11.9 Å². The summed E-state index contributed by atoms with van der Waals surface area (Å²) < 4.78 is 0. The zero-order valence-electron chi connectivity index (χ0n) is 10.9. The Kier molecular flexibility index (Phi) is 5.95. The Balaban J connectivity index is 2.54. The van der Waals surface area contributed by atoms with E-state index in [-0.39, 0.29) is 18.2 Å². The second-order valence-corrected chi connectivity index (χ2v) is 4.31. The van der Waals surface area contributed by atoms with Crippen molar-refractivity contribution in [3.63, 3.8) is 0 Å². The predicted octanol–water partition coefficient (Wildman–Crippen LogP) is 1.83. The Morgan fingerprint density at radius 1 is 1.26 bits per heavy atom. The molecule has 0 heterocycles. The number of non-ortho nitro benzene ring substituents is 1. The van der Waals surface area contributed by atoms with Crippen LogP contribution >= 0.6 is 0 Å². The van der Waals surface area contributed by atoms with Crippen LogP contribution in [-0.4, -0.2) is 41.0 Å². The van der Waals surface area contributed by atoms with Crippen LogP contribution < -0.4 is 0 Å². The highest BCUT2D eigenvalue weighted by molar-refractivity contribution is 5.94. The molecule has 1 aromatic carbocycles. The maximum Gasteiger partial charge on any atom is 0.269 e. The fourth-order valence-corrected chi connectivity index (χ4v) is 1.69. The highest BCUT2D eigenvalue weighted by Gasteiger charge is 2.13. The fourth-order valence-electron chi connectivity index (χ4n) is 1.69. The van der Waals surface area contributed by atoms with E-state index in [9.17, 15) is 14.9 Å². The number of aliphatic hydroxyl groups excluding tert-OH is 1. The van der Waals surface area contributed by atoms with Gasteiger partial charge < -0.3 is 10.0 Å². The molecule has 0 saturated heterocycles. The van der Waals surface area contributed by atoms with Crippen LogP contribution in [0.15, 0.2) is 24.3 Å². The zero-order valence-corrected chi connectivity index (χ0v) is 10.9. The van der Waals surface area contributed by atoms with Gasteiger partial charge in [0.25, 0.3) is 11.6 Å². The standard InChI is InChI=1S/C13H18N2O4/c1-14(9-3-2-4-10-16)13(17)11-5-7-12(8-6-11)15(18)19/h5-8,16H,2-4,9-10H2,1H3. The molecule has 0 aliphatic rings. The fraction of sp³-hybridized carbons (Fsp3) is 0.462. The number of benzene rings is 1. The van der Waals surface area contributed by atoms with Gasteiger partial charge >= 0.3 is 0 Å². The van der Waals surface area contributed by atoms with Crippen LogP contribution in [0.4, 0.5) is 5.69 Å². The van der Waals surface area contributed by atoms with Crippen molar-refractivity contribution in [3.8, 4) is 0 Å². The highest BCUT2D eigenvalue weighted by atomic mass is 16.6. The number of amides is 1. The molecule has 1 amide bonds. The third-order valence-electron chi connectivity index (χ3n) is 2.82. The molecule has 0 bridgehead atoms. The van der Waals surface area contributed by atoms with Crippen molar-refractivity contribution in [3.05, 3.63) is 39.9 Å². The van der Waals surface area contributed by atoms with E-state index in [1.165, 1.54) is 24.3 Å². The lowest BCUT2D eigenvalue weighted by Gasteiger charge is -2.16. The number of nitrogens with zero attached hydrogens (tertiary/aromatic N) is 2. The molecule has 6 heteroatoms. The molecule has 19 heavy (non-hydrogen) atoms. The summed E-state index contributed by atoms with van der Waals surface area (Å²) in [5.41, 5.74) is 0.414. The van der Waals surface area contributed by atoms with Gasteiger partial charge in [0, 0.05) is 37.9 Å². The first-order valence-corrected chi connectivity index (χ1v) is 6.17. The van der Waals surface area contributed by atoms with Crippen LogP contribution in [0.2, 0.25) is 0 Å². The van der Waals surface area contributed by atoms with Gasteiger partial charge in [0.05, 0.1) is 4.92 Å². The average Bonchev–Trinajstić information content (AvgIpc) is 2.42. The number of aliphatic hydroxyl groups is 1. The molecular weight excluding hydrogens is 248 g/mol. The SMILES string of the molecule is CN(CCCCCO)C(=O)c1ccc([N+](=O)[O-])cc1. The van der Waals surface area contributed by atoms with Crippen LogP contribution in [0.1, 0.15) is 29.6 Å². The lowest BCUT2D eigenvalue weighted by Crippen LogP contribution is -2.27. The van der Waals surface area contributed by atoms with Crippen molar-refractivity contribution in [2.75, 3.05) is 20.2 Å². The molecule has 0 radical (unpaired) electrons. The number of hydrogen-bond acceptors (Lipinski definition) is 4. The summed E-state index contributed by atoms with van der Waals surface area (Å²) in [6.07, 6.45) is 2.43. The van der Waals surface area contributed by atoms with E-state index >= 15 is 0 Å². The highest BCUT2D eigenvalue weighted by Crippen LogP contribution is 2.13. The maximum atomic E-state index is 12.0. The molecule has 0 fully saturated rings. The molecular formula is C13H18N2O4. The maximum absolute atomic E-state index is 12.0. The summed E-state index contributed by atoms with van der Waals surface area (Å²) in [4.78, 5) is 23.6. The average molecular weight is 266 g/mol. The van der Waals surface area contributed by atoms with E-state index < -0.39 is 4.92 Å². The van der Waals surface area contributed by atoms with Crippen LogP contribution in [0.3, 0.4) is 0 Å². The zero-order chi connectivity index (χ0) is 14.3. The molecule has 0 aliphatic carbocycles. The Labute approximate surface area is 111 Å². The monoisotopic (exact) mass is 266 g/mol. The summed E-state index contributed by atoms with van der Waals surface area (Å²) in [7, 11) is 1.70. The number of unbranched alkanes of at least 4 members (excludes halogenated alkanes) is 2. The van der Waals surface area contributed by atoms with Crippen molar-refractivity contribution in [2.45, 2.75) is 19.3 Å². The van der Waals surface area contributed by atoms with Gasteiger partial charge in [-0.05, 0) is 31.4 Å². The Hall–Kier alpha value is -1.95. The number of rotatable bonds is 7. The first-order valence-electron chi connectivity index (χ1n) is 6.17. The molecule has 0 aliphatic heterocycles. The smallest absolute Gasteiger partial charge is 0.269 e. The molecule has 1 aromatic rings. The number of hydrogen-bond donors (Lipinski definition) is 1. The third-order valence-corrected chi connectivity index (χ3v) is 2.82. The molecule has 1 N–H and O–H groups in total. The minimum absolute atomic E-state index is 0.0258. The second-order valence-electron chi connectivity index (χ2n) is 4.31. The number of nitro groups is 1. The van der Waals surface area contributed by atoms with E-state index in [4.69, 9.17) is 5.11 Å². The lowest BCUT2D eigenvalue weighted by atomic mass is 10.1. The molecule has 6 nitrogen and oxygen atoms in total. The molecule has 0 saturated carbocycles. The lowest BCUT2D eigenvalue weighted by molar-refractivity contribution is -0.384. The Morgan fingerprint density at radius 2 is 1.89 bits per heavy atom. The molecule has 0 spiro atoms. The summed E-state index contributed by atoms with van der Waals surface area (Å²) >= 11 is 0. The van der Waals surface area contributed by atoms with Crippen molar-refractivity contribution in [1.82, 2.24) is 4.90 Å². The third kappa shape index (κ3) is 4.67. The van der Waals surface area contributed by atoms with Crippen molar-refractivity contribution >= 4 is 11.6 Å². The van der Waals surface area contributed by atoms with Crippen molar-refractivity contribution in [1.29, 1.82) is 0 Å². The van der Waals surface area contributed by atoms with Crippen LogP contribution in [0, 0.1) is 10.1 Å². The van der Waals surface area contributed by atoms with Gasteiger partial charge in [0.1, 0.15) is 0 Å². The summed E-state index contributed by atoms with van der Waals surface area (Å²) in [6.45, 7) is 0.774. The largest absolute Gasteiger partial charge is 0.396 e. The van der Waals surface area contributed by atoms with Gasteiger partial charge in [0.2, 0.25) is 0 Å². The van der Waals surface area contributed by atoms with Crippen LogP contribution in [0.5, 0.6) is 0 Å². The number of carbonyl (C=O) groups excluding carboxylic acids is 1. The van der Waals surface area contributed by atoms with Crippen LogP contribution in [0.25, 0.3) is 0 Å². The minimum Gasteiger partial charge on any atom is -0.396 e. The van der Waals surface area contributed by atoms with Gasteiger partial charge in [-0.15, -0.1) is 0 Å². The van der Waals surface area contributed by atoms with E-state index in [1.807, 2.05) is 0 Å². The van der Waals surface area contributed by atoms with E-state index in [2.05, 4.69) is 0 Å². The Morgan fingerprint density at radius 3 is 2.42 bits per heavy atom. The summed E-state index contributed by atoms with van der Waals surface area (Å²) in [6, 6.07) is 5.58. The Bertz CT molecular complexity index is 431. The predicted molar refractivity (Wildman–Crippen MR) is 71.0 cm³/mol.